The van der Waals surface area contributed by atoms with Gasteiger partial charge in [0.2, 0.25) is 0 Å². The molecule has 3 aromatic rings. The van der Waals surface area contributed by atoms with Crippen molar-refractivity contribution in [2.24, 2.45) is 5.84 Å². The van der Waals surface area contributed by atoms with Gasteiger partial charge in [-0.1, -0.05) is 48.0 Å². The van der Waals surface area contributed by atoms with Gasteiger partial charge >= 0.3 is 0 Å². The number of amides is 1. The van der Waals surface area contributed by atoms with E-state index in [4.69, 9.17) is 10.0 Å². The molecule has 0 aliphatic rings. The number of carbonyl (C=O) groups excluding carboxylic acids is 1. The Bertz CT molecular complexity index is 1100. The lowest BCUT2D eigenvalue weighted by molar-refractivity contribution is -0.122. The number of nitrogens with one attached hydrogen (secondary N) is 2. The summed E-state index contributed by atoms with van der Waals surface area (Å²) in [6.45, 7) is 1.70. The van der Waals surface area contributed by atoms with E-state index in [-0.39, 0.29) is 17.9 Å². The van der Waals surface area contributed by atoms with Gasteiger partial charge in [-0.15, -0.1) is 0 Å². The molecule has 7 nitrogen and oxygen atoms in total. The van der Waals surface area contributed by atoms with Crippen molar-refractivity contribution in [2.75, 3.05) is 11.9 Å². The van der Waals surface area contributed by atoms with Gasteiger partial charge in [0.15, 0.2) is 0 Å². The summed E-state index contributed by atoms with van der Waals surface area (Å²) in [6.07, 6.45) is 0.112. The average molecular weight is 413 g/mol. The summed E-state index contributed by atoms with van der Waals surface area (Å²) in [6, 6.07) is 19.2. The van der Waals surface area contributed by atoms with Gasteiger partial charge in [-0.2, -0.15) is 8.42 Å². The number of benzene rings is 3. The molecule has 0 bridgehead atoms. The second-order valence-corrected chi connectivity index (χ2v) is 8.26. The average Bonchev–Trinajstić information content (AvgIpc) is 2.72. The molecule has 0 heterocycles. The van der Waals surface area contributed by atoms with E-state index >= 15 is 0 Å². The highest BCUT2D eigenvalue weighted by Crippen LogP contribution is 2.20. The first-order chi connectivity index (χ1) is 13.9. The third-order valence-electron chi connectivity index (χ3n) is 4.50. The minimum absolute atomic E-state index is 0.0745. The molecule has 0 saturated heterocycles. The molecule has 0 aliphatic carbocycles. The Morgan fingerprint density at radius 3 is 2.41 bits per heavy atom. The summed E-state index contributed by atoms with van der Waals surface area (Å²) < 4.78 is 29.7. The maximum absolute atomic E-state index is 12.3. The minimum Gasteiger partial charge on any atom is -0.374 e. The quantitative estimate of drug-likeness (QED) is 0.227. The highest BCUT2D eigenvalue weighted by molar-refractivity contribution is 7.86. The summed E-state index contributed by atoms with van der Waals surface area (Å²) in [7, 11) is -3.90. The standard InChI is InChI=1S/C21H23N3O4S/c1-15-6-10-19(11-7-15)29(26,27)28-13-12-20(21(25)24-22)23-18-9-8-16-4-2-3-5-17(16)14-18/h2-11,14,20,23H,12-13,22H2,1H3,(H,24,25). The van der Waals surface area contributed by atoms with E-state index in [0.717, 1.165) is 22.0 Å². The van der Waals surface area contributed by atoms with Gasteiger partial charge in [-0.3, -0.25) is 14.4 Å². The summed E-state index contributed by atoms with van der Waals surface area (Å²) in [5.74, 6) is 4.82. The first-order valence-electron chi connectivity index (χ1n) is 9.11. The van der Waals surface area contributed by atoms with Crippen molar-refractivity contribution in [3.05, 3.63) is 72.3 Å². The highest BCUT2D eigenvalue weighted by atomic mass is 32.2. The van der Waals surface area contributed by atoms with E-state index in [2.05, 4.69) is 10.7 Å². The molecule has 0 spiro atoms. The lowest BCUT2D eigenvalue weighted by Crippen LogP contribution is -2.43. The number of hydrogen-bond acceptors (Lipinski definition) is 6. The number of fused-ring (bicyclic) bond motifs is 1. The van der Waals surface area contributed by atoms with Crippen LogP contribution in [0.25, 0.3) is 10.8 Å². The normalized spacial score (nSPS) is 12.5. The van der Waals surface area contributed by atoms with Crippen molar-refractivity contribution < 1.29 is 17.4 Å². The number of rotatable bonds is 8. The Labute approximate surface area is 170 Å². The molecule has 1 amide bonds. The monoisotopic (exact) mass is 413 g/mol. The Hall–Kier alpha value is -2.94. The summed E-state index contributed by atoms with van der Waals surface area (Å²) >= 11 is 0. The summed E-state index contributed by atoms with van der Waals surface area (Å²) in [4.78, 5) is 12.2. The molecule has 0 aliphatic heterocycles. The minimum atomic E-state index is -3.90. The zero-order chi connectivity index (χ0) is 20.9. The maximum atomic E-state index is 12.3. The molecule has 4 N–H and O–H groups in total. The number of hydrogen-bond donors (Lipinski definition) is 3. The van der Waals surface area contributed by atoms with Crippen LogP contribution in [0.15, 0.2) is 71.6 Å². The van der Waals surface area contributed by atoms with Gasteiger partial charge in [0.1, 0.15) is 6.04 Å². The SMILES string of the molecule is Cc1ccc(S(=O)(=O)OCCC(Nc2ccc3ccccc3c2)C(=O)NN)cc1. The molecule has 0 fully saturated rings. The molecular formula is C21H23N3O4S. The second-order valence-electron chi connectivity index (χ2n) is 6.65. The second kappa shape index (κ2) is 9.04. The van der Waals surface area contributed by atoms with E-state index in [1.165, 1.54) is 12.1 Å². The lowest BCUT2D eigenvalue weighted by atomic mass is 10.1. The van der Waals surface area contributed by atoms with Crippen molar-refractivity contribution >= 4 is 32.5 Å². The van der Waals surface area contributed by atoms with E-state index in [0.29, 0.717) is 0 Å². The number of carbonyl (C=O) groups is 1. The van der Waals surface area contributed by atoms with E-state index in [1.54, 1.807) is 12.1 Å². The Morgan fingerprint density at radius 2 is 1.72 bits per heavy atom. The van der Waals surface area contributed by atoms with Crippen LogP contribution in [-0.2, 0) is 19.1 Å². The van der Waals surface area contributed by atoms with Crippen LogP contribution in [0, 0.1) is 6.92 Å². The smallest absolute Gasteiger partial charge is 0.296 e. The fourth-order valence-electron chi connectivity index (χ4n) is 2.90. The first kappa shape index (κ1) is 20.8. The topological polar surface area (TPSA) is 111 Å². The zero-order valence-corrected chi connectivity index (χ0v) is 16.8. The Kier molecular flexibility index (Phi) is 6.48. The van der Waals surface area contributed by atoms with E-state index in [1.807, 2.05) is 49.4 Å². The predicted molar refractivity (Wildman–Crippen MR) is 113 cm³/mol. The third-order valence-corrected chi connectivity index (χ3v) is 5.83. The van der Waals surface area contributed by atoms with Crippen LogP contribution in [0.2, 0.25) is 0 Å². The molecule has 29 heavy (non-hydrogen) atoms. The van der Waals surface area contributed by atoms with E-state index < -0.39 is 22.1 Å². The largest absolute Gasteiger partial charge is 0.374 e. The summed E-state index contributed by atoms with van der Waals surface area (Å²) in [5.41, 5.74) is 3.77. The fraction of sp³-hybridized carbons (Fsp3) is 0.190. The van der Waals surface area contributed by atoms with Crippen LogP contribution in [0.1, 0.15) is 12.0 Å². The molecule has 3 rings (SSSR count). The Morgan fingerprint density at radius 1 is 1.03 bits per heavy atom. The van der Waals surface area contributed by atoms with Crippen molar-refractivity contribution in [3.63, 3.8) is 0 Å². The van der Waals surface area contributed by atoms with Crippen LogP contribution in [0.5, 0.6) is 0 Å². The highest BCUT2D eigenvalue weighted by Gasteiger charge is 2.20. The van der Waals surface area contributed by atoms with Crippen molar-refractivity contribution in [1.29, 1.82) is 0 Å². The van der Waals surface area contributed by atoms with Crippen LogP contribution in [0.4, 0.5) is 5.69 Å². The van der Waals surface area contributed by atoms with Crippen LogP contribution < -0.4 is 16.6 Å². The number of nitrogens with two attached hydrogens (primary N) is 1. The molecule has 0 radical (unpaired) electrons. The molecule has 152 valence electrons. The fourth-order valence-corrected chi connectivity index (χ4v) is 3.82. The summed E-state index contributed by atoms with van der Waals surface area (Å²) in [5, 5.41) is 5.18. The van der Waals surface area contributed by atoms with Gasteiger partial charge in [0.25, 0.3) is 16.0 Å². The van der Waals surface area contributed by atoms with Gasteiger partial charge < -0.3 is 5.32 Å². The maximum Gasteiger partial charge on any atom is 0.296 e. The van der Waals surface area contributed by atoms with Crippen molar-refractivity contribution in [2.45, 2.75) is 24.3 Å². The molecule has 0 aromatic heterocycles. The molecule has 1 unspecified atom stereocenters. The molecule has 0 saturated carbocycles. The molecule has 3 aromatic carbocycles. The first-order valence-corrected chi connectivity index (χ1v) is 10.5. The van der Waals surface area contributed by atoms with Crippen LogP contribution in [0.3, 0.4) is 0 Å². The molecule has 1 atom stereocenters. The van der Waals surface area contributed by atoms with Gasteiger partial charge in [-0.25, -0.2) is 5.84 Å². The van der Waals surface area contributed by atoms with Gasteiger partial charge in [0, 0.05) is 12.1 Å². The lowest BCUT2D eigenvalue weighted by Gasteiger charge is -2.18. The predicted octanol–water partition coefficient (Wildman–Crippen LogP) is 2.71. The van der Waals surface area contributed by atoms with Crippen molar-refractivity contribution in [1.82, 2.24) is 5.43 Å². The van der Waals surface area contributed by atoms with E-state index in [9.17, 15) is 13.2 Å². The van der Waals surface area contributed by atoms with Gasteiger partial charge in [-0.05, 0) is 42.0 Å². The number of anilines is 1. The Balaban J connectivity index is 1.67. The number of aryl methyl sites for hydroxylation is 1. The third kappa shape index (κ3) is 5.32. The van der Waals surface area contributed by atoms with Crippen molar-refractivity contribution in [3.8, 4) is 0 Å². The number of hydrazine groups is 1. The molecule has 8 heteroatoms. The zero-order valence-electron chi connectivity index (χ0n) is 16.0. The van der Waals surface area contributed by atoms with Crippen LogP contribution in [-0.4, -0.2) is 27.0 Å². The van der Waals surface area contributed by atoms with Gasteiger partial charge in [0.05, 0.1) is 11.5 Å². The van der Waals surface area contributed by atoms with Crippen LogP contribution >= 0.6 is 0 Å². The molecular weight excluding hydrogens is 390 g/mol.